The molecule has 0 spiro atoms. The molecule has 3 aromatic rings. The molecule has 5 nitrogen and oxygen atoms in total. The average molecular weight is 337 g/mol. The molecular weight excluding hydrogens is 322 g/mol. The minimum Gasteiger partial charge on any atom is -0.366 e. The number of rotatable bonds is 4. The molecule has 0 aliphatic carbocycles. The lowest BCUT2D eigenvalue weighted by Gasteiger charge is -2.09. The summed E-state index contributed by atoms with van der Waals surface area (Å²) in [6.45, 7) is 1.77. The fourth-order valence-electron chi connectivity index (χ4n) is 2.38. The summed E-state index contributed by atoms with van der Waals surface area (Å²) in [5.41, 5.74) is 7.72. The number of carbonyl (C=O) groups is 2. The van der Waals surface area contributed by atoms with E-state index in [4.69, 9.17) is 5.73 Å². The van der Waals surface area contributed by atoms with Gasteiger partial charge in [-0.25, -0.2) is 4.98 Å². The molecule has 0 saturated heterocycles. The van der Waals surface area contributed by atoms with E-state index in [9.17, 15) is 9.59 Å². The Kier molecular flexibility index (Phi) is 4.39. The molecule has 2 amide bonds. The van der Waals surface area contributed by atoms with E-state index in [0.29, 0.717) is 11.3 Å². The Morgan fingerprint density at radius 1 is 1.17 bits per heavy atom. The Hall–Kier alpha value is -2.99. The maximum absolute atomic E-state index is 12.1. The van der Waals surface area contributed by atoms with Gasteiger partial charge in [-0.15, -0.1) is 11.3 Å². The monoisotopic (exact) mass is 337 g/mol. The number of benzene rings is 2. The van der Waals surface area contributed by atoms with E-state index in [2.05, 4.69) is 10.3 Å². The zero-order chi connectivity index (χ0) is 17.1. The summed E-state index contributed by atoms with van der Waals surface area (Å²) in [7, 11) is 0. The predicted octanol–water partition coefficient (Wildman–Crippen LogP) is 3.36. The first-order chi connectivity index (χ1) is 11.5. The highest BCUT2D eigenvalue weighted by atomic mass is 32.1. The van der Waals surface area contributed by atoms with Crippen molar-refractivity contribution in [1.82, 2.24) is 4.98 Å². The van der Waals surface area contributed by atoms with Crippen LogP contribution in [-0.4, -0.2) is 16.8 Å². The Labute approximate surface area is 142 Å². The second kappa shape index (κ2) is 6.64. The number of thiazole rings is 1. The van der Waals surface area contributed by atoms with Gasteiger partial charge in [0.25, 0.3) is 5.91 Å². The van der Waals surface area contributed by atoms with Crippen LogP contribution < -0.4 is 11.1 Å². The molecule has 0 aliphatic heterocycles. The van der Waals surface area contributed by atoms with E-state index >= 15 is 0 Å². The van der Waals surface area contributed by atoms with Crippen LogP contribution in [0.25, 0.3) is 16.3 Å². The average Bonchev–Trinajstić information content (AvgIpc) is 2.95. The number of aromatic nitrogens is 1. The summed E-state index contributed by atoms with van der Waals surface area (Å²) in [4.78, 5) is 28.1. The molecule has 0 bridgehead atoms. The van der Waals surface area contributed by atoms with Gasteiger partial charge in [0.2, 0.25) is 5.91 Å². The van der Waals surface area contributed by atoms with Gasteiger partial charge < -0.3 is 11.1 Å². The van der Waals surface area contributed by atoms with Gasteiger partial charge >= 0.3 is 0 Å². The first kappa shape index (κ1) is 15.9. The van der Waals surface area contributed by atoms with Crippen molar-refractivity contribution in [3.05, 3.63) is 64.7 Å². The van der Waals surface area contributed by atoms with Crippen LogP contribution in [0.1, 0.15) is 20.9 Å². The molecule has 0 aliphatic rings. The van der Waals surface area contributed by atoms with Crippen LogP contribution in [0, 0.1) is 6.92 Å². The molecule has 3 rings (SSSR count). The molecule has 1 heterocycles. The topological polar surface area (TPSA) is 85.1 Å². The number of nitrogens with one attached hydrogen (secondary N) is 1. The second-order valence-electron chi connectivity index (χ2n) is 5.20. The Morgan fingerprint density at radius 3 is 2.71 bits per heavy atom. The second-order valence-corrected chi connectivity index (χ2v) is 6.27. The summed E-state index contributed by atoms with van der Waals surface area (Å²) in [5, 5.41) is 3.43. The minimum atomic E-state index is -0.571. The van der Waals surface area contributed by atoms with E-state index in [1.807, 2.05) is 24.3 Å². The fourth-order valence-corrected chi connectivity index (χ4v) is 3.25. The molecule has 0 fully saturated rings. The Bertz CT molecular complexity index is 927. The first-order valence-electron chi connectivity index (χ1n) is 7.28. The van der Waals surface area contributed by atoms with Gasteiger partial charge in [-0.3, -0.25) is 9.59 Å². The van der Waals surface area contributed by atoms with Crippen molar-refractivity contribution >= 4 is 45.1 Å². The molecule has 24 heavy (non-hydrogen) atoms. The van der Waals surface area contributed by atoms with Crippen molar-refractivity contribution in [1.29, 1.82) is 0 Å². The Balaban J connectivity index is 1.78. The number of para-hydroxylation sites is 1. The molecule has 0 saturated carbocycles. The lowest BCUT2D eigenvalue weighted by atomic mass is 10.1. The van der Waals surface area contributed by atoms with E-state index in [0.717, 1.165) is 20.8 Å². The van der Waals surface area contributed by atoms with Crippen molar-refractivity contribution < 1.29 is 9.59 Å². The number of anilines is 1. The number of fused-ring (bicyclic) bond motifs is 1. The summed E-state index contributed by atoms with van der Waals surface area (Å²) < 4.78 is 1.06. The van der Waals surface area contributed by atoms with Crippen LogP contribution in [-0.2, 0) is 4.79 Å². The summed E-state index contributed by atoms with van der Waals surface area (Å²) >= 11 is 1.50. The largest absolute Gasteiger partial charge is 0.366 e. The molecule has 2 aromatic carbocycles. The van der Waals surface area contributed by atoms with Crippen LogP contribution in [0.2, 0.25) is 0 Å². The quantitative estimate of drug-likeness (QED) is 0.716. The van der Waals surface area contributed by atoms with Crippen LogP contribution >= 0.6 is 11.3 Å². The van der Waals surface area contributed by atoms with Crippen LogP contribution in [0.15, 0.2) is 48.5 Å². The maximum Gasteiger partial charge on any atom is 0.251 e. The molecule has 120 valence electrons. The normalized spacial score (nSPS) is 11.0. The number of primary amides is 1. The third kappa shape index (κ3) is 3.33. The zero-order valence-corrected chi connectivity index (χ0v) is 13.8. The smallest absolute Gasteiger partial charge is 0.251 e. The fraction of sp³-hybridized carbons (Fsp3) is 0.0556. The van der Waals surface area contributed by atoms with Crippen molar-refractivity contribution in [2.75, 3.05) is 5.32 Å². The standard InChI is InChI=1S/C18H15N3O2S/c1-11-5-4-7-13(17(11)18(19)23)20-15(22)9-10-16-21-12-6-2-3-8-14(12)24-16/h2-10H,1H3,(H2,19,23)(H,20,22). The molecular formula is C18H15N3O2S. The number of hydrogen-bond acceptors (Lipinski definition) is 4. The lowest BCUT2D eigenvalue weighted by Crippen LogP contribution is -2.18. The van der Waals surface area contributed by atoms with Crippen LogP contribution in [0.3, 0.4) is 0 Å². The Morgan fingerprint density at radius 2 is 1.96 bits per heavy atom. The zero-order valence-electron chi connectivity index (χ0n) is 12.9. The highest BCUT2D eigenvalue weighted by molar-refractivity contribution is 7.19. The SMILES string of the molecule is Cc1cccc(NC(=O)C=Cc2nc3ccccc3s2)c1C(N)=O. The number of nitrogens with zero attached hydrogens (tertiary/aromatic N) is 1. The minimum absolute atomic E-state index is 0.319. The number of amides is 2. The van der Waals surface area contributed by atoms with E-state index in [1.54, 1.807) is 31.2 Å². The van der Waals surface area contributed by atoms with E-state index < -0.39 is 5.91 Å². The number of hydrogen-bond donors (Lipinski definition) is 2. The van der Waals surface area contributed by atoms with Gasteiger partial charge in [-0.1, -0.05) is 24.3 Å². The van der Waals surface area contributed by atoms with Gasteiger partial charge in [0.05, 0.1) is 21.5 Å². The summed E-state index contributed by atoms with van der Waals surface area (Å²) in [5.74, 6) is -0.916. The maximum atomic E-state index is 12.1. The van der Waals surface area contributed by atoms with Crippen LogP contribution in [0.5, 0.6) is 0 Å². The number of nitrogens with two attached hydrogens (primary N) is 1. The number of aryl methyl sites for hydroxylation is 1. The van der Waals surface area contributed by atoms with Crippen molar-refractivity contribution in [2.24, 2.45) is 5.73 Å². The van der Waals surface area contributed by atoms with Gasteiger partial charge in [0.1, 0.15) is 5.01 Å². The third-order valence-corrected chi connectivity index (χ3v) is 4.47. The number of carbonyl (C=O) groups excluding carboxylic acids is 2. The van der Waals surface area contributed by atoms with Crippen molar-refractivity contribution in [3.8, 4) is 0 Å². The van der Waals surface area contributed by atoms with E-state index in [1.165, 1.54) is 17.4 Å². The molecule has 6 heteroatoms. The van der Waals surface area contributed by atoms with E-state index in [-0.39, 0.29) is 5.91 Å². The first-order valence-corrected chi connectivity index (χ1v) is 8.10. The molecule has 0 radical (unpaired) electrons. The third-order valence-electron chi connectivity index (χ3n) is 3.46. The molecule has 3 N–H and O–H groups in total. The van der Waals surface area contributed by atoms with Crippen molar-refractivity contribution in [3.63, 3.8) is 0 Å². The highest BCUT2D eigenvalue weighted by Gasteiger charge is 2.12. The highest BCUT2D eigenvalue weighted by Crippen LogP contribution is 2.23. The van der Waals surface area contributed by atoms with Crippen LogP contribution in [0.4, 0.5) is 5.69 Å². The van der Waals surface area contributed by atoms with Crippen molar-refractivity contribution in [2.45, 2.75) is 6.92 Å². The van der Waals surface area contributed by atoms with Gasteiger partial charge in [0.15, 0.2) is 0 Å². The van der Waals surface area contributed by atoms with Gasteiger partial charge in [-0.2, -0.15) is 0 Å². The summed E-state index contributed by atoms with van der Waals surface area (Å²) in [6, 6.07) is 13.0. The van der Waals surface area contributed by atoms with Gasteiger partial charge in [-0.05, 0) is 36.8 Å². The lowest BCUT2D eigenvalue weighted by molar-refractivity contribution is -0.111. The molecule has 0 atom stereocenters. The molecule has 0 unspecified atom stereocenters. The van der Waals surface area contributed by atoms with Gasteiger partial charge in [0, 0.05) is 6.08 Å². The predicted molar refractivity (Wildman–Crippen MR) is 97.0 cm³/mol. The molecule has 1 aromatic heterocycles. The summed E-state index contributed by atoms with van der Waals surface area (Å²) in [6.07, 6.45) is 3.05.